The first-order valence-electron chi connectivity index (χ1n) is 17.8. The lowest BCUT2D eigenvalue weighted by atomic mass is 10.0. The maximum Gasteiger partial charge on any atom is 0.472 e. The number of carbonyl (C=O) groups is 2. The third kappa shape index (κ3) is 32.7. The average molecular weight is 667 g/mol. The zero-order valence-electron chi connectivity index (χ0n) is 29.5. The summed E-state index contributed by atoms with van der Waals surface area (Å²) in [5.74, 6) is -0.895. The number of unbranched alkanes of at least 4 members (excludes halogenated alkanes) is 16. The fourth-order valence-electron chi connectivity index (χ4n) is 4.79. The molecule has 45 heavy (non-hydrogen) atoms. The highest BCUT2D eigenvalue weighted by atomic mass is 31.2. The van der Waals surface area contributed by atoms with Crippen molar-refractivity contribution in [1.82, 2.24) is 0 Å². The van der Waals surface area contributed by atoms with E-state index in [2.05, 4.69) is 6.92 Å². The van der Waals surface area contributed by atoms with Crippen LogP contribution in [0.1, 0.15) is 149 Å². The summed E-state index contributed by atoms with van der Waals surface area (Å²) in [5, 5.41) is 9.34. The van der Waals surface area contributed by atoms with Gasteiger partial charge >= 0.3 is 19.8 Å². The van der Waals surface area contributed by atoms with E-state index in [0.29, 0.717) is 30.3 Å². The van der Waals surface area contributed by atoms with Crippen molar-refractivity contribution < 1.29 is 47.2 Å². The van der Waals surface area contributed by atoms with E-state index < -0.39 is 32.5 Å². The second-order valence-corrected chi connectivity index (χ2v) is 15.0. The van der Waals surface area contributed by atoms with E-state index in [1.54, 1.807) is 6.92 Å². The van der Waals surface area contributed by atoms with Crippen LogP contribution in [0.25, 0.3) is 0 Å². The molecule has 0 saturated heterocycles. The molecule has 0 fully saturated rings. The van der Waals surface area contributed by atoms with Crippen LogP contribution in [0.2, 0.25) is 0 Å². The van der Waals surface area contributed by atoms with Crippen molar-refractivity contribution in [3.05, 3.63) is 0 Å². The minimum absolute atomic E-state index is 0.0188. The average Bonchev–Trinajstić information content (AvgIpc) is 2.95. The van der Waals surface area contributed by atoms with Crippen molar-refractivity contribution in [3.63, 3.8) is 0 Å². The van der Waals surface area contributed by atoms with Gasteiger partial charge in [-0.25, -0.2) is 4.57 Å². The van der Waals surface area contributed by atoms with Crippen LogP contribution in [-0.4, -0.2) is 86.1 Å². The number of ether oxygens (including phenoxy) is 2. The lowest BCUT2D eigenvalue weighted by Gasteiger charge is -2.24. The van der Waals surface area contributed by atoms with E-state index in [-0.39, 0.29) is 32.2 Å². The van der Waals surface area contributed by atoms with Crippen molar-refractivity contribution >= 4 is 19.8 Å². The van der Waals surface area contributed by atoms with Crippen LogP contribution in [-0.2, 0) is 32.7 Å². The van der Waals surface area contributed by atoms with E-state index in [9.17, 15) is 24.2 Å². The molecule has 2 N–H and O–H groups in total. The van der Waals surface area contributed by atoms with Crippen molar-refractivity contribution in [1.29, 1.82) is 0 Å². The number of carbonyl (C=O) groups excluding carboxylic acids is 2. The molecule has 3 atom stereocenters. The van der Waals surface area contributed by atoms with Crippen LogP contribution in [0.3, 0.4) is 0 Å². The fourth-order valence-corrected chi connectivity index (χ4v) is 5.53. The van der Waals surface area contributed by atoms with Gasteiger partial charge in [-0.15, -0.1) is 0 Å². The summed E-state index contributed by atoms with van der Waals surface area (Å²) in [6.07, 6.45) is 20.5. The number of hydrogen-bond donors (Lipinski definition) is 2. The van der Waals surface area contributed by atoms with Crippen LogP contribution in [0.15, 0.2) is 0 Å². The molecule has 0 amide bonds. The molecule has 0 aliphatic rings. The Balaban J connectivity index is 4.36. The molecule has 0 aromatic rings. The molecule has 0 saturated carbocycles. The summed E-state index contributed by atoms with van der Waals surface area (Å²) in [6.45, 7) is 3.81. The van der Waals surface area contributed by atoms with Crippen molar-refractivity contribution in [2.24, 2.45) is 0 Å². The van der Waals surface area contributed by atoms with E-state index >= 15 is 0 Å². The molecule has 0 aliphatic carbocycles. The number of phosphoric ester groups is 1. The molecule has 268 valence electrons. The molecule has 0 heterocycles. The molecular formula is C34H69NO9P+. The van der Waals surface area contributed by atoms with Crippen LogP contribution in [0.5, 0.6) is 0 Å². The summed E-state index contributed by atoms with van der Waals surface area (Å²) >= 11 is 0. The Morgan fingerprint density at radius 2 is 1.16 bits per heavy atom. The normalized spacial score (nSPS) is 14.6. The molecule has 2 unspecified atom stereocenters. The van der Waals surface area contributed by atoms with Crippen LogP contribution >= 0.6 is 7.82 Å². The molecule has 10 nitrogen and oxygen atoms in total. The monoisotopic (exact) mass is 666 g/mol. The Hall–Kier alpha value is -1.03. The lowest BCUT2D eigenvalue weighted by molar-refractivity contribution is -0.870. The van der Waals surface area contributed by atoms with Gasteiger partial charge in [-0.3, -0.25) is 18.6 Å². The molecule has 0 aliphatic heterocycles. The topological polar surface area (TPSA) is 129 Å². The molecule has 11 heteroatoms. The maximum absolute atomic E-state index is 12.5. The SMILES string of the molecule is CCCCCCCCCCCCCCCCCC(=O)O[C@H](COC(=O)CCCCCC(C)O)COP(=O)(O)OCC[N+](C)(C)C. The quantitative estimate of drug-likeness (QED) is 0.0319. The maximum atomic E-state index is 12.5. The summed E-state index contributed by atoms with van der Waals surface area (Å²) < 4.78 is 33.8. The zero-order valence-corrected chi connectivity index (χ0v) is 30.4. The van der Waals surface area contributed by atoms with E-state index in [4.69, 9.17) is 18.5 Å². The van der Waals surface area contributed by atoms with Crippen molar-refractivity contribution in [2.45, 2.75) is 161 Å². The van der Waals surface area contributed by atoms with E-state index in [0.717, 1.165) is 32.1 Å². The van der Waals surface area contributed by atoms with Gasteiger partial charge in [-0.05, 0) is 26.2 Å². The van der Waals surface area contributed by atoms with Gasteiger partial charge in [0, 0.05) is 12.8 Å². The van der Waals surface area contributed by atoms with Gasteiger partial charge < -0.3 is 24.0 Å². The van der Waals surface area contributed by atoms with Gasteiger partial charge in [0.15, 0.2) is 6.10 Å². The summed E-state index contributed by atoms with van der Waals surface area (Å²) in [7, 11) is 1.43. The lowest BCUT2D eigenvalue weighted by Crippen LogP contribution is -2.37. The van der Waals surface area contributed by atoms with Gasteiger partial charge in [0.1, 0.15) is 19.8 Å². The standard InChI is InChI=1S/C34H68NO9P/c1-6-7-8-9-10-11-12-13-14-15-16-17-18-19-22-26-34(38)44-32(29-41-33(37)25-23-20-21-24-31(2)36)30-43-45(39,40)42-28-27-35(3,4)5/h31-32,36H,6-30H2,1-5H3/p+1/t31?,32-/m1/s1. The molecule has 0 radical (unpaired) electrons. The van der Waals surface area contributed by atoms with Gasteiger partial charge in [-0.2, -0.15) is 0 Å². The highest BCUT2D eigenvalue weighted by Gasteiger charge is 2.27. The first-order valence-corrected chi connectivity index (χ1v) is 19.3. The summed E-state index contributed by atoms with van der Waals surface area (Å²) in [6, 6.07) is 0. The number of rotatable bonds is 32. The first kappa shape index (κ1) is 44.0. The highest BCUT2D eigenvalue weighted by Crippen LogP contribution is 2.43. The molecule has 0 aromatic carbocycles. The number of aliphatic hydroxyl groups excluding tert-OH is 1. The third-order valence-electron chi connectivity index (χ3n) is 7.66. The second kappa shape index (κ2) is 28.0. The number of hydrogen-bond acceptors (Lipinski definition) is 8. The largest absolute Gasteiger partial charge is 0.472 e. The molecule has 0 bridgehead atoms. The number of esters is 2. The summed E-state index contributed by atoms with van der Waals surface area (Å²) in [4.78, 5) is 34.8. The van der Waals surface area contributed by atoms with Crippen LogP contribution in [0, 0.1) is 0 Å². The second-order valence-electron chi connectivity index (χ2n) is 13.6. The number of quaternary nitrogens is 1. The predicted octanol–water partition coefficient (Wildman–Crippen LogP) is 7.87. The Morgan fingerprint density at radius 1 is 0.689 bits per heavy atom. The Labute approximate surface area is 275 Å². The highest BCUT2D eigenvalue weighted by molar-refractivity contribution is 7.47. The minimum atomic E-state index is -4.37. The van der Waals surface area contributed by atoms with Crippen LogP contribution < -0.4 is 0 Å². The number of nitrogens with zero attached hydrogens (tertiary/aromatic N) is 1. The van der Waals surface area contributed by atoms with E-state index in [1.807, 2.05) is 21.1 Å². The zero-order chi connectivity index (χ0) is 33.8. The molecule has 0 rings (SSSR count). The number of aliphatic hydroxyl groups is 1. The van der Waals surface area contributed by atoms with E-state index in [1.165, 1.54) is 70.6 Å². The Morgan fingerprint density at radius 3 is 1.64 bits per heavy atom. The Bertz CT molecular complexity index is 773. The fraction of sp³-hybridized carbons (Fsp3) is 0.941. The smallest absolute Gasteiger partial charge is 0.462 e. The molecular weight excluding hydrogens is 597 g/mol. The first-order chi connectivity index (χ1) is 21.3. The number of phosphoric acid groups is 1. The molecule has 0 spiro atoms. The van der Waals surface area contributed by atoms with Crippen molar-refractivity contribution in [2.75, 3.05) is 47.5 Å². The predicted molar refractivity (Wildman–Crippen MR) is 180 cm³/mol. The number of likely N-dealkylation sites (N-methyl/N-ethyl adjacent to an activating group) is 1. The summed E-state index contributed by atoms with van der Waals surface area (Å²) in [5.41, 5.74) is 0. The van der Waals surface area contributed by atoms with Gasteiger partial charge in [0.2, 0.25) is 0 Å². The molecule has 0 aromatic heterocycles. The van der Waals surface area contributed by atoms with Gasteiger partial charge in [0.25, 0.3) is 0 Å². The minimum Gasteiger partial charge on any atom is -0.462 e. The Kier molecular flexibility index (Phi) is 27.4. The van der Waals surface area contributed by atoms with Gasteiger partial charge in [-0.1, -0.05) is 110 Å². The van der Waals surface area contributed by atoms with Gasteiger partial charge in [0.05, 0.1) is 33.9 Å². The van der Waals surface area contributed by atoms with Crippen LogP contribution in [0.4, 0.5) is 0 Å². The van der Waals surface area contributed by atoms with Crippen molar-refractivity contribution in [3.8, 4) is 0 Å². The third-order valence-corrected chi connectivity index (χ3v) is 8.64.